The van der Waals surface area contributed by atoms with E-state index in [1.54, 1.807) is 11.0 Å². The van der Waals surface area contributed by atoms with Crippen molar-refractivity contribution >= 4 is 17.3 Å². The van der Waals surface area contributed by atoms with Crippen LogP contribution in [0.5, 0.6) is 0 Å². The smallest absolute Gasteiger partial charge is 0.138 e. The van der Waals surface area contributed by atoms with E-state index in [0.717, 1.165) is 23.2 Å². The maximum Gasteiger partial charge on any atom is 0.138 e. The molecule has 21 heavy (non-hydrogen) atoms. The third-order valence-electron chi connectivity index (χ3n) is 4.17. The molecule has 1 heterocycles. The molecule has 5 heteroatoms. The fraction of sp³-hybridized carbons (Fsp3) is 0.500. The standard InChI is InChI=1S/C16H21ClN4/c1-11-6-12(2)8-13(7-11)20-15-5-3-4-14(17)16(15)21-10-18-9-19-21/h3-5,9-13,20H,6-8H2,1-2H3. The Kier molecular flexibility index (Phi) is 4.15. The summed E-state index contributed by atoms with van der Waals surface area (Å²) in [5.41, 5.74) is 1.90. The van der Waals surface area contributed by atoms with Gasteiger partial charge in [0.1, 0.15) is 18.3 Å². The molecule has 4 nitrogen and oxygen atoms in total. The van der Waals surface area contributed by atoms with Crippen molar-refractivity contribution in [2.24, 2.45) is 11.8 Å². The van der Waals surface area contributed by atoms with Crippen LogP contribution in [0.25, 0.3) is 5.69 Å². The van der Waals surface area contributed by atoms with Crippen molar-refractivity contribution in [2.45, 2.75) is 39.2 Å². The molecular weight excluding hydrogens is 284 g/mol. The molecule has 0 saturated heterocycles. The van der Waals surface area contributed by atoms with E-state index in [-0.39, 0.29) is 0 Å². The first-order chi connectivity index (χ1) is 10.1. The number of para-hydroxylation sites is 1. The first-order valence-electron chi connectivity index (χ1n) is 7.53. The molecule has 0 spiro atoms. The molecule has 2 aromatic rings. The van der Waals surface area contributed by atoms with Crippen LogP contribution in [0.1, 0.15) is 33.1 Å². The number of aromatic nitrogens is 3. The lowest BCUT2D eigenvalue weighted by Gasteiger charge is -2.33. The molecule has 0 aliphatic heterocycles. The highest BCUT2D eigenvalue weighted by atomic mass is 35.5. The van der Waals surface area contributed by atoms with E-state index in [9.17, 15) is 0 Å². The summed E-state index contributed by atoms with van der Waals surface area (Å²) < 4.78 is 1.72. The number of nitrogens with one attached hydrogen (secondary N) is 1. The maximum absolute atomic E-state index is 6.37. The van der Waals surface area contributed by atoms with Gasteiger partial charge in [-0.15, -0.1) is 0 Å². The van der Waals surface area contributed by atoms with Gasteiger partial charge in [-0.1, -0.05) is 31.5 Å². The maximum atomic E-state index is 6.37. The van der Waals surface area contributed by atoms with Crippen LogP contribution in [0.15, 0.2) is 30.9 Å². The molecular formula is C16H21ClN4. The molecule has 1 aliphatic carbocycles. The lowest BCUT2D eigenvalue weighted by molar-refractivity contribution is 0.281. The second-order valence-electron chi connectivity index (χ2n) is 6.23. The van der Waals surface area contributed by atoms with E-state index in [1.807, 2.05) is 12.1 Å². The van der Waals surface area contributed by atoms with E-state index in [1.165, 1.54) is 25.6 Å². The van der Waals surface area contributed by atoms with Crippen LogP contribution in [0.4, 0.5) is 5.69 Å². The Balaban J connectivity index is 1.87. The molecule has 0 radical (unpaired) electrons. The first-order valence-corrected chi connectivity index (χ1v) is 7.91. The number of anilines is 1. The zero-order chi connectivity index (χ0) is 14.8. The molecule has 1 N–H and O–H groups in total. The lowest BCUT2D eigenvalue weighted by Crippen LogP contribution is -2.30. The highest BCUT2D eigenvalue weighted by Crippen LogP contribution is 2.33. The van der Waals surface area contributed by atoms with Gasteiger partial charge >= 0.3 is 0 Å². The van der Waals surface area contributed by atoms with Gasteiger partial charge in [0.2, 0.25) is 0 Å². The van der Waals surface area contributed by atoms with Crippen LogP contribution >= 0.6 is 11.6 Å². The van der Waals surface area contributed by atoms with E-state index in [4.69, 9.17) is 11.6 Å². The summed E-state index contributed by atoms with van der Waals surface area (Å²) in [5, 5.41) is 8.56. The van der Waals surface area contributed by atoms with E-state index < -0.39 is 0 Å². The van der Waals surface area contributed by atoms with Gasteiger partial charge in [-0.25, -0.2) is 9.67 Å². The van der Waals surface area contributed by atoms with Crippen molar-refractivity contribution < 1.29 is 0 Å². The van der Waals surface area contributed by atoms with Crippen molar-refractivity contribution in [3.05, 3.63) is 35.9 Å². The van der Waals surface area contributed by atoms with Crippen LogP contribution < -0.4 is 5.32 Å². The molecule has 112 valence electrons. The highest BCUT2D eigenvalue weighted by Gasteiger charge is 2.24. The highest BCUT2D eigenvalue weighted by molar-refractivity contribution is 6.33. The molecule has 0 amide bonds. The molecule has 2 unspecified atom stereocenters. The number of rotatable bonds is 3. The van der Waals surface area contributed by atoms with Gasteiger partial charge < -0.3 is 5.32 Å². The normalized spacial score (nSPS) is 25.8. The number of nitrogens with zero attached hydrogens (tertiary/aromatic N) is 3. The van der Waals surface area contributed by atoms with Crippen molar-refractivity contribution in [1.82, 2.24) is 14.8 Å². The minimum Gasteiger partial charge on any atom is -0.381 e. The van der Waals surface area contributed by atoms with Crippen molar-refractivity contribution in [3.8, 4) is 5.69 Å². The molecule has 1 fully saturated rings. The molecule has 1 saturated carbocycles. The summed E-state index contributed by atoms with van der Waals surface area (Å²) in [6.07, 6.45) is 6.93. The number of hydrogen-bond acceptors (Lipinski definition) is 3. The molecule has 0 bridgehead atoms. The quantitative estimate of drug-likeness (QED) is 0.926. The van der Waals surface area contributed by atoms with Gasteiger partial charge in [0.15, 0.2) is 0 Å². The van der Waals surface area contributed by atoms with Crippen LogP contribution in [-0.4, -0.2) is 20.8 Å². The zero-order valence-corrected chi connectivity index (χ0v) is 13.2. The molecule has 2 atom stereocenters. The Morgan fingerprint density at radius 1 is 1.19 bits per heavy atom. The van der Waals surface area contributed by atoms with E-state index in [0.29, 0.717) is 11.1 Å². The summed E-state index contributed by atoms with van der Waals surface area (Å²) in [7, 11) is 0. The predicted octanol–water partition coefficient (Wildman–Crippen LogP) is 4.16. The summed E-state index contributed by atoms with van der Waals surface area (Å²) in [5.74, 6) is 1.53. The largest absolute Gasteiger partial charge is 0.381 e. The van der Waals surface area contributed by atoms with Gasteiger partial charge in [-0.05, 0) is 43.2 Å². The molecule has 1 aromatic carbocycles. The van der Waals surface area contributed by atoms with Gasteiger partial charge in [0.25, 0.3) is 0 Å². The van der Waals surface area contributed by atoms with Gasteiger partial charge in [-0.3, -0.25) is 0 Å². The summed E-state index contributed by atoms with van der Waals surface area (Å²) in [6.45, 7) is 4.67. The predicted molar refractivity (Wildman–Crippen MR) is 86.0 cm³/mol. The lowest BCUT2D eigenvalue weighted by atomic mass is 9.80. The van der Waals surface area contributed by atoms with E-state index in [2.05, 4.69) is 35.3 Å². The second kappa shape index (κ2) is 6.06. The van der Waals surface area contributed by atoms with Crippen LogP contribution in [0, 0.1) is 11.8 Å². The Labute approximate surface area is 130 Å². The number of halogens is 1. The molecule has 3 rings (SSSR count). The van der Waals surface area contributed by atoms with Gasteiger partial charge in [0, 0.05) is 6.04 Å². The second-order valence-corrected chi connectivity index (χ2v) is 6.64. The first kappa shape index (κ1) is 14.4. The topological polar surface area (TPSA) is 42.7 Å². The fourth-order valence-corrected chi connectivity index (χ4v) is 3.73. The Morgan fingerprint density at radius 2 is 1.95 bits per heavy atom. The Hall–Kier alpha value is -1.55. The van der Waals surface area contributed by atoms with Crippen molar-refractivity contribution in [1.29, 1.82) is 0 Å². The average molecular weight is 305 g/mol. The summed E-state index contributed by atoms with van der Waals surface area (Å²) in [6, 6.07) is 6.41. The monoisotopic (exact) mass is 304 g/mol. The molecule has 1 aromatic heterocycles. The fourth-order valence-electron chi connectivity index (χ4n) is 3.47. The Bertz CT molecular complexity index is 586. The van der Waals surface area contributed by atoms with Gasteiger partial charge in [0.05, 0.1) is 10.7 Å². The summed E-state index contributed by atoms with van der Waals surface area (Å²) >= 11 is 6.37. The third-order valence-corrected chi connectivity index (χ3v) is 4.48. The third kappa shape index (κ3) is 3.21. The van der Waals surface area contributed by atoms with Crippen LogP contribution in [0.3, 0.4) is 0 Å². The van der Waals surface area contributed by atoms with Crippen molar-refractivity contribution in [3.63, 3.8) is 0 Å². The van der Waals surface area contributed by atoms with E-state index >= 15 is 0 Å². The Morgan fingerprint density at radius 3 is 2.62 bits per heavy atom. The van der Waals surface area contributed by atoms with Crippen molar-refractivity contribution in [2.75, 3.05) is 5.32 Å². The number of benzene rings is 1. The zero-order valence-electron chi connectivity index (χ0n) is 12.5. The SMILES string of the molecule is CC1CC(C)CC(Nc2cccc(Cl)c2-n2cncn2)C1. The van der Waals surface area contributed by atoms with Crippen LogP contribution in [-0.2, 0) is 0 Å². The van der Waals surface area contributed by atoms with Crippen LogP contribution in [0.2, 0.25) is 5.02 Å². The minimum atomic E-state index is 0.490. The summed E-state index contributed by atoms with van der Waals surface area (Å²) in [4.78, 5) is 4.02. The van der Waals surface area contributed by atoms with Gasteiger partial charge in [-0.2, -0.15) is 5.10 Å². The number of hydrogen-bond donors (Lipinski definition) is 1. The average Bonchev–Trinajstić information content (AvgIpc) is 2.91. The molecule has 1 aliphatic rings. The minimum absolute atomic E-state index is 0.490.